The minimum absolute atomic E-state index is 0.0369. The largest absolute Gasteiger partial charge is 0.366 e. The molecule has 7 heteroatoms. The Hall–Kier alpha value is -2.15. The predicted octanol–water partition coefficient (Wildman–Crippen LogP) is 1.22. The van der Waals surface area contributed by atoms with Gasteiger partial charge in [-0.15, -0.1) is 0 Å². The Bertz CT molecular complexity index is 619. The molecule has 1 aromatic rings. The van der Waals surface area contributed by atoms with E-state index in [1.54, 1.807) is 12.1 Å². The second kappa shape index (κ2) is 5.57. The fraction of sp³-hybridized carbons (Fsp3) is 0.533. The molecule has 0 saturated carbocycles. The van der Waals surface area contributed by atoms with Gasteiger partial charge in [-0.3, -0.25) is 14.9 Å². The Balaban J connectivity index is 1.97. The number of primary amides is 1. The molecule has 0 radical (unpaired) electrons. The SMILES string of the molecule is CN1CC[C@H]2CCN(c3ccc(C(N)=O)cc3[N+](=O)[O-])[C@H]2C1. The van der Waals surface area contributed by atoms with Crippen molar-refractivity contribution in [2.45, 2.75) is 18.9 Å². The number of likely N-dealkylation sites (tertiary alicyclic amines) is 1. The lowest BCUT2D eigenvalue weighted by atomic mass is 9.92. The molecule has 2 saturated heterocycles. The molecule has 0 spiro atoms. The van der Waals surface area contributed by atoms with Crippen LogP contribution < -0.4 is 10.6 Å². The van der Waals surface area contributed by atoms with E-state index in [-0.39, 0.29) is 11.3 Å². The van der Waals surface area contributed by atoms with Crippen LogP contribution in [-0.2, 0) is 0 Å². The number of fused-ring (bicyclic) bond motifs is 1. The van der Waals surface area contributed by atoms with Gasteiger partial charge in [-0.2, -0.15) is 0 Å². The maximum atomic E-state index is 11.4. The summed E-state index contributed by atoms with van der Waals surface area (Å²) in [6.07, 6.45) is 2.19. The van der Waals surface area contributed by atoms with Gasteiger partial charge in [-0.25, -0.2) is 0 Å². The average molecular weight is 304 g/mol. The molecule has 118 valence electrons. The van der Waals surface area contributed by atoms with E-state index < -0.39 is 10.8 Å². The van der Waals surface area contributed by atoms with E-state index in [2.05, 4.69) is 16.8 Å². The smallest absolute Gasteiger partial charge is 0.293 e. The molecule has 7 nitrogen and oxygen atoms in total. The first-order valence-electron chi connectivity index (χ1n) is 7.51. The first-order chi connectivity index (χ1) is 10.5. The molecular formula is C15H20N4O3. The molecule has 2 atom stereocenters. The fourth-order valence-corrected chi connectivity index (χ4v) is 3.66. The van der Waals surface area contributed by atoms with E-state index in [0.717, 1.165) is 32.5 Å². The molecule has 1 aromatic carbocycles. The van der Waals surface area contributed by atoms with Crippen LogP contribution in [0.2, 0.25) is 0 Å². The Morgan fingerprint density at radius 2 is 2.09 bits per heavy atom. The van der Waals surface area contributed by atoms with Gasteiger partial charge in [-0.05, 0) is 44.5 Å². The van der Waals surface area contributed by atoms with E-state index in [1.807, 2.05) is 0 Å². The van der Waals surface area contributed by atoms with Crippen molar-refractivity contribution in [3.8, 4) is 0 Å². The fourth-order valence-electron chi connectivity index (χ4n) is 3.66. The van der Waals surface area contributed by atoms with Crippen LogP contribution in [0.5, 0.6) is 0 Å². The number of hydrogen-bond acceptors (Lipinski definition) is 5. The Kier molecular flexibility index (Phi) is 3.74. The molecule has 0 bridgehead atoms. The highest BCUT2D eigenvalue weighted by Gasteiger charge is 2.39. The first kappa shape index (κ1) is 14.8. The molecule has 22 heavy (non-hydrogen) atoms. The number of anilines is 1. The van der Waals surface area contributed by atoms with Gasteiger partial charge in [0.25, 0.3) is 5.69 Å². The van der Waals surface area contributed by atoms with Crippen LogP contribution in [0.15, 0.2) is 18.2 Å². The summed E-state index contributed by atoms with van der Waals surface area (Å²) < 4.78 is 0. The average Bonchev–Trinajstić information content (AvgIpc) is 2.89. The van der Waals surface area contributed by atoms with E-state index in [1.165, 1.54) is 6.07 Å². The predicted molar refractivity (Wildman–Crippen MR) is 83.0 cm³/mol. The van der Waals surface area contributed by atoms with Crippen molar-refractivity contribution in [3.63, 3.8) is 0 Å². The van der Waals surface area contributed by atoms with Crippen LogP contribution in [0.4, 0.5) is 11.4 Å². The number of amides is 1. The minimum atomic E-state index is -0.647. The third kappa shape index (κ3) is 2.52. The van der Waals surface area contributed by atoms with Gasteiger partial charge in [0.2, 0.25) is 5.91 Å². The molecule has 2 aliphatic rings. The Morgan fingerprint density at radius 3 is 2.77 bits per heavy atom. The number of likely N-dealkylation sites (N-methyl/N-ethyl adjacent to an activating group) is 1. The summed E-state index contributed by atoms with van der Waals surface area (Å²) in [7, 11) is 2.08. The number of carbonyl (C=O) groups excluding carboxylic acids is 1. The topological polar surface area (TPSA) is 92.7 Å². The number of piperidine rings is 1. The van der Waals surface area contributed by atoms with E-state index >= 15 is 0 Å². The summed E-state index contributed by atoms with van der Waals surface area (Å²) in [5.41, 5.74) is 5.96. The zero-order valence-electron chi connectivity index (χ0n) is 12.6. The van der Waals surface area contributed by atoms with Crippen LogP contribution >= 0.6 is 0 Å². The van der Waals surface area contributed by atoms with Gasteiger partial charge < -0.3 is 15.5 Å². The lowest BCUT2D eigenvalue weighted by Gasteiger charge is -2.37. The maximum Gasteiger partial charge on any atom is 0.293 e. The highest BCUT2D eigenvalue weighted by atomic mass is 16.6. The summed E-state index contributed by atoms with van der Waals surface area (Å²) in [6.45, 7) is 2.82. The highest BCUT2D eigenvalue weighted by molar-refractivity contribution is 5.94. The van der Waals surface area contributed by atoms with E-state index in [0.29, 0.717) is 17.6 Å². The number of benzene rings is 1. The summed E-state index contributed by atoms with van der Waals surface area (Å²) in [5, 5.41) is 11.4. The zero-order chi connectivity index (χ0) is 15.9. The zero-order valence-corrected chi connectivity index (χ0v) is 12.6. The quantitative estimate of drug-likeness (QED) is 0.669. The first-order valence-corrected chi connectivity index (χ1v) is 7.51. The molecule has 0 aliphatic carbocycles. The maximum absolute atomic E-state index is 11.4. The molecule has 0 aromatic heterocycles. The molecule has 2 fully saturated rings. The van der Waals surface area contributed by atoms with Crippen LogP contribution in [-0.4, -0.2) is 48.5 Å². The number of hydrogen-bond donors (Lipinski definition) is 1. The number of rotatable bonds is 3. The van der Waals surface area contributed by atoms with Crippen LogP contribution in [0.3, 0.4) is 0 Å². The minimum Gasteiger partial charge on any atom is -0.366 e. The number of nitro groups is 1. The third-order valence-corrected chi connectivity index (χ3v) is 4.83. The van der Waals surface area contributed by atoms with Gasteiger partial charge in [-0.1, -0.05) is 0 Å². The molecule has 2 N–H and O–H groups in total. The molecule has 2 aliphatic heterocycles. The van der Waals surface area contributed by atoms with Crippen molar-refractivity contribution in [2.75, 3.05) is 31.6 Å². The van der Waals surface area contributed by atoms with Crippen LogP contribution in [0, 0.1) is 16.0 Å². The summed E-state index contributed by atoms with van der Waals surface area (Å²) in [6, 6.07) is 4.83. The van der Waals surface area contributed by atoms with Gasteiger partial charge in [0.05, 0.1) is 4.92 Å². The second-order valence-corrected chi connectivity index (χ2v) is 6.19. The van der Waals surface area contributed by atoms with Crippen molar-refractivity contribution < 1.29 is 9.72 Å². The molecule has 3 rings (SSSR count). The summed E-state index contributed by atoms with van der Waals surface area (Å²) >= 11 is 0. The molecular weight excluding hydrogens is 284 g/mol. The van der Waals surface area contributed by atoms with Gasteiger partial charge in [0.1, 0.15) is 5.69 Å². The third-order valence-electron chi connectivity index (χ3n) is 4.83. The summed E-state index contributed by atoms with van der Waals surface area (Å²) in [5.74, 6) is -0.0574. The number of carbonyl (C=O) groups is 1. The van der Waals surface area contributed by atoms with Crippen LogP contribution in [0.1, 0.15) is 23.2 Å². The Labute approximate surface area is 128 Å². The van der Waals surface area contributed by atoms with E-state index in [9.17, 15) is 14.9 Å². The number of nitro benzene ring substituents is 1. The number of nitrogens with zero attached hydrogens (tertiary/aromatic N) is 3. The van der Waals surface area contributed by atoms with Crippen molar-refractivity contribution >= 4 is 17.3 Å². The normalized spacial score (nSPS) is 25.0. The molecule has 0 unspecified atom stereocenters. The monoisotopic (exact) mass is 304 g/mol. The molecule has 2 heterocycles. The van der Waals surface area contributed by atoms with E-state index in [4.69, 9.17) is 5.73 Å². The van der Waals surface area contributed by atoms with Gasteiger partial charge >= 0.3 is 0 Å². The van der Waals surface area contributed by atoms with Gasteiger partial charge in [0.15, 0.2) is 0 Å². The van der Waals surface area contributed by atoms with Crippen molar-refractivity contribution in [1.82, 2.24) is 4.90 Å². The second-order valence-electron chi connectivity index (χ2n) is 6.19. The Morgan fingerprint density at radius 1 is 1.36 bits per heavy atom. The molecule has 1 amide bonds. The van der Waals surface area contributed by atoms with Gasteiger partial charge in [0, 0.05) is 30.8 Å². The lowest BCUT2D eigenvalue weighted by Crippen LogP contribution is -2.46. The van der Waals surface area contributed by atoms with Crippen LogP contribution in [0.25, 0.3) is 0 Å². The number of nitrogens with two attached hydrogens (primary N) is 1. The van der Waals surface area contributed by atoms with Crippen molar-refractivity contribution in [3.05, 3.63) is 33.9 Å². The lowest BCUT2D eigenvalue weighted by molar-refractivity contribution is -0.384. The summed E-state index contributed by atoms with van der Waals surface area (Å²) in [4.78, 5) is 26.6. The highest BCUT2D eigenvalue weighted by Crippen LogP contribution is 2.39. The standard InChI is InChI=1S/C15H20N4O3/c1-17-6-4-10-5-7-18(14(10)9-17)12-3-2-11(15(16)20)8-13(12)19(21)22/h2-3,8,10,14H,4-7,9H2,1H3,(H2,16,20)/t10-,14-/m0/s1. The van der Waals surface area contributed by atoms with Crippen molar-refractivity contribution in [1.29, 1.82) is 0 Å². The van der Waals surface area contributed by atoms with Crippen molar-refractivity contribution in [2.24, 2.45) is 11.7 Å².